The topological polar surface area (TPSA) is 35.5 Å². The lowest BCUT2D eigenvalue weighted by atomic mass is 10.6. The normalized spacial score (nSPS) is 24.5. The van der Waals surface area contributed by atoms with Gasteiger partial charge in [0.05, 0.1) is 0 Å². The lowest BCUT2D eigenvalue weighted by molar-refractivity contribution is -0.0387. The molecule has 0 aliphatic carbocycles. The van der Waals surface area contributed by atoms with Gasteiger partial charge in [0.2, 0.25) is 0 Å². The summed E-state index contributed by atoms with van der Waals surface area (Å²) in [6.07, 6.45) is 2.54. The van der Waals surface area contributed by atoms with Crippen LogP contribution in [-0.2, 0) is 14.0 Å². The molecule has 0 spiro atoms. The van der Waals surface area contributed by atoms with Gasteiger partial charge in [-0.2, -0.15) is 0 Å². The molecule has 0 aromatic heterocycles. The van der Waals surface area contributed by atoms with Gasteiger partial charge in [0.25, 0.3) is 0 Å². The van der Waals surface area contributed by atoms with Crippen LogP contribution < -0.4 is 0 Å². The van der Waals surface area contributed by atoms with Gasteiger partial charge in [0.1, 0.15) is 26.6 Å². The van der Waals surface area contributed by atoms with Crippen molar-refractivity contribution in [3.05, 3.63) is 0 Å². The van der Waals surface area contributed by atoms with Crippen molar-refractivity contribution in [3.63, 3.8) is 0 Å². The summed E-state index contributed by atoms with van der Waals surface area (Å²) >= 11 is 0. The van der Waals surface area contributed by atoms with Gasteiger partial charge in [-0.3, -0.25) is 0 Å². The van der Waals surface area contributed by atoms with Crippen molar-refractivity contribution in [2.45, 2.75) is 13.3 Å². The van der Waals surface area contributed by atoms with Crippen molar-refractivity contribution >= 4 is 7.14 Å². The van der Waals surface area contributed by atoms with Crippen LogP contribution in [0.2, 0.25) is 0 Å². The molecule has 0 radical (unpaired) electrons. The van der Waals surface area contributed by atoms with Gasteiger partial charge in [-0.05, 0) is 6.42 Å². The molecule has 4 heteroatoms. The first-order valence-corrected chi connectivity index (χ1v) is 5.76. The zero-order chi connectivity index (χ0) is 7.45. The minimum Gasteiger partial charge on any atom is -0.348 e. The summed E-state index contributed by atoms with van der Waals surface area (Å²) in [7, 11) is -2.06. The van der Waals surface area contributed by atoms with E-state index in [-0.39, 0.29) is 0 Å². The summed E-state index contributed by atoms with van der Waals surface area (Å²) in [4.78, 5) is 0. The Morgan fingerprint density at radius 1 is 1.40 bits per heavy atom. The summed E-state index contributed by atoms with van der Waals surface area (Å²) in [5.74, 6) is 0. The van der Waals surface area contributed by atoms with Crippen LogP contribution in [0.5, 0.6) is 0 Å². The lowest BCUT2D eigenvalue weighted by Gasteiger charge is -2.22. The predicted octanol–water partition coefficient (Wildman–Crippen LogP) is 1.68. The van der Waals surface area contributed by atoms with Crippen molar-refractivity contribution in [1.82, 2.24) is 0 Å². The lowest BCUT2D eigenvalue weighted by Crippen LogP contribution is -2.14. The third-order valence-electron chi connectivity index (χ3n) is 1.45. The SMILES string of the molecule is CCCP1(=O)COCOC1. The monoisotopic (exact) mass is 164 g/mol. The molecule has 1 saturated heterocycles. The smallest absolute Gasteiger partial charge is 0.147 e. The van der Waals surface area contributed by atoms with Crippen molar-refractivity contribution < 1.29 is 14.0 Å². The Bertz CT molecular complexity index is 128. The third kappa shape index (κ3) is 2.08. The van der Waals surface area contributed by atoms with Crippen LogP contribution in [0.3, 0.4) is 0 Å². The molecule has 1 aliphatic heterocycles. The van der Waals surface area contributed by atoms with Gasteiger partial charge in [-0.15, -0.1) is 0 Å². The van der Waals surface area contributed by atoms with E-state index in [1.807, 2.05) is 6.92 Å². The summed E-state index contributed by atoms with van der Waals surface area (Å²) < 4.78 is 21.5. The van der Waals surface area contributed by atoms with Gasteiger partial charge >= 0.3 is 0 Å². The van der Waals surface area contributed by atoms with Gasteiger partial charge < -0.3 is 14.0 Å². The summed E-state index contributed by atoms with van der Waals surface area (Å²) in [5, 5.41) is 0. The van der Waals surface area contributed by atoms with Crippen LogP contribution in [-0.4, -0.2) is 25.7 Å². The van der Waals surface area contributed by atoms with Gasteiger partial charge in [0.15, 0.2) is 0 Å². The second-order valence-electron chi connectivity index (χ2n) is 2.57. The largest absolute Gasteiger partial charge is 0.348 e. The molecule has 1 rings (SSSR count). The molecule has 0 N–H and O–H groups in total. The maximum Gasteiger partial charge on any atom is 0.147 e. The Labute approximate surface area is 61.1 Å². The fourth-order valence-electron chi connectivity index (χ4n) is 1.04. The minimum absolute atomic E-state index is 0.313. The van der Waals surface area contributed by atoms with Gasteiger partial charge in [-0.1, -0.05) is 6.92 Å². The fraction of sp³-hybridized carbons (Fsp3) is 1.00. The van der Waals surface area contributed by atoms with Crippen LogP contribution in [0.15, 0.2) is 0 Å². The first kappa shape index (κ1) is 8.25. The second kappa shape index (κ2) is 3.51. The van der Waals surface area contributed by atoms with Crippen LogP contribution in [0.1, 0.15) is 13.3 Å². The molecule has 10 heavy (non-hydrogen) atoms. The quantitative estimate of drug-likeness (QED) is 0.582. The first-order chi connectivity index (χ1) is 4.77. The highest BCUT2D eigenvalue weighted by molar-refractivity contribution is 7.63. The highest BCUT2D eigenvalue weighted by Gasteiger charge is 2.24. The molecular formula is C6H13O3P. The molecule has 1 aliphatic rings. The van der Waals surface area contributed by atoms with E-state index in [0.29, 0.717) is 19.5 Å². The minimum atomic E-state index is -2.06. The number of hydrogen-bond acceptors (Lipinski definition) is 3. The zero-order valence-electron chi connectivity index (χ0n) is 6.21. The van der Waals surface area contributed by atoms with E-state index in [1.54, 1.807) is 0 Å². The number of hydrogen-bond donors (Lipinski definition) is 0. The molecule has 0 atom stereocenters. The Balaban J connectivity index is 2.41. The highest BCUT2D eigenvalue weighted by atomic mass is 31.2. The van der Waals surface area contributed by atoms with Crippen LogP contribution in [0, 0.1) is 0 Å². The van der Waals surface area contributed by atoms with Crippen molar-refractivity contribution in [2.75, 3.05) is 25.7 Å². The molecular weight excluding hydrogens is 151 g/mol. The van der Waals surface area contributed by atoms with Gasteiger partial charge in [-0.25, -0.2) is 0 Å². The van der Waals surface area contributed by atoms with Crippen molar-refractivity contribution in [3.8, 4) is 0 Å². The Hall–Kier alpha value is 0.150. The van der Waals surface area contributed by atoms with E-state index in [0.717, 1.165) is 12.6 Å². The molecule has 3 nitrogen and oxygen atoms in total. The third-order valence-corrected chi connectivity index (χ3v) is 4.02. The number of rotatable bonds is 2. The average molecular weight is 164 g/mol. The molecule has 0 saturated carbocycles. The van der Waals surface area contributed by atoms with E-state index in [2.05, 4.69) is 0 Å². The van der Waals surface area contributed by atoms with Crippen LogP contribution in [0.25, 0.3) is 0 Å². The van der Waals surface area contributed by atoms with E-state index < -0.39 is 7.14 Å². The van der Waals surface area contributed by atoms with Crippen molar-refractivity contribution in [2.24, 2.45) is 0 Å². The van der Waals surface area contributed by atoms with Gasteiger partial charge in [0, 0.05) is 6.16 Å². The van der Waals surface area contributed by atoms with Crippen LogP contribution >= 0.6 is 7.14 Å². The maximum absolute atomic E-state index is 11.6. The molecule has 1 fully saturated rings. The first-order valence-electron chi connectivity index (χ1n) is 3.49. The molecule has 0 amide bonds. The Kier molecular flexibility index (Phi) is 2.90. The molecule has 0 aromatic rings. The van der Waals surface area contributed by atoms with Crippen LogP contribution in [0.4, 0.5) is 0 Å². The summed E-state index contributed by atoms with van der Waals surface area (Å²) in [6.45, 7) is 2.34. The van der Waals surface area contributed by atoms with Crippen molar-refractivity contribution in [1.29, 1.82) is 0 Å². The molecule has 0 bridgehead atoms. The predicted molar refractivity (Wildman–Crippen MR) is 39.5 cm³/mol. The van der Waals surface area contributed by atoms with E-state index in [4.69, 9.17) is 9.47 Å². The maximum atomic E-state index is 11.6. The van der Waals surface area contributed by atoms with E-state index in [9.17, 15) is 4.57 Å². The average Bonchev–Trinajstić information content (AvgIpc) is 1.89. The zero-order valence-corrected chi connectivity index (χ0v) is 7.10. The number of ether oxygens (including phenoxy) is 2. The molecule has 0 unspecified atom stereocenters. The highest BCUT2D eigenvalue weighted by Crippen LogP contribution is 2.47. The van der Waals surface area contributed by atoms with E-state index in [1.165, 1.54) is 0 Å². The van der Waals surface area contributed by atoms with E-state index >= 15 is 0 Å². The molecule has 60 valence electrons. The molecule has 1 heterocycles. The summed E-state index contributed by atoms with van der Waals surface area (Å²) in [5.41, 5.74) is 0. The second-order valence-corrected chi connectivity index (χ2v) is 5.65. The standard InChI is InChI=1S/C6H13O3P/c1-2-3-10(7)5-8-4-9-6-10/h2-6H2,1H3. The Morgan fingerprint density at radius 3 is 2.50 bits per heavy atom. The molecule has 0 aromatic carbocycles. The fourth-order valence-corrected chi connectivity index (χ4v) is 3.00. The Morgan fingerprint density at radius 2 is 2.00 bits per heavy atom. The summed E-state index contributed by atoms with van der Waals surface area (Å²) in [6, 6.07) is 0.